The number of hydrogen-bond donors (Lipinski definition) is 4. The summed E-state index contributed by atoms with van der Waals surface area (Å²) in [4.78, 5) is 0. The van der Waals surface area contributed by atoms with E-state index in [2.05, 4.69) is 20.8 Å². The molecule has 2 aromatic rings. The fraction of sp³-hybridized carbons (Fsp3) is 0.556. The summed E-state index contributed by atoms with van der Waals surface area (Å²) in [7, 11) is 0. The van der Waals surface area contributed by atoms with Crippen LogP contribution in [0.5, 0.6) is 34.5 Å². The summed E-state index contributed by atoms with van der Waals surface area (Å²) < 4.78 is 24.2. The van der Waals surface area contributed by atoms with Gasteiger partial charge in [-0.25, -0.2) is 0 Å². The Morgan fingerprint density at radius 1 is 0.771 bits per heavy atom. The topological polar surface area (TPSA) is 118 Å². The highest BCUT2D eigenvalue weighted by Crippen LogP contribution is 2.49. The third-order valence-corrected chi connectivity index (χ3v) is 5.92. The highest BCUT2D eigenvalue weighted by atomic mass is 16.5. The predicted molar refractivity (Wildman–Crippen MR) is 132 cm³/mol. The molecule has 1 heterocycles. The van der Waals surface area contributed by atoms with Gasteiger partial charge in [0.15, 0.2) is 17.6 Å². The van der Waals surface area contributed by atoms with E-state index in [4.69, 9.17) is 18.9 Å². The molecule has 0 fully saturated rings. The molecule has 194 valence electrons. The number of phenolic OH excluding ortho intramolecular Hbond substituents is 2. The van der Waals surface area contributed by atoms with E-state index in [9.17, 15) is 20.4 Å². The normalized spacial score (nSPS) is 19.1. The van der Waals surface area contributed by atoms with E-state index in [0.29, 0.717) is 42.6 Å². The molecular formula is C27H38O8. The van der Waals surface area contributed by atoms with E-state index in [1.807, 2.05) is 0 Å². The lowest BCUT2D eigenvalue weighted by Crippen LogP contribution is -2.34. The number of aliphatic hydroxyl groups excluding tert-OH is 2. The van der Waals surface area contributed by atoms with Gasteiger partial charge in [-0.3, -0.25) is 0 Å². The molecule has 8 nitrogen and oxygen atoms in total. The zero-order valence-electron chi connectivity index (χ0n) is 20.8. The molecule has 0 spiro atoms. The lowest BCUT2D eigenvalue weighted by Gasteiger charge is -2.35. The Hall–Kier alpha value is -2.84. The Bertz CT molecular complexity index is 929. The Morgan fingerprint density at radius 3 is 1.86 bits per heavy atom. The maximum Gasteiger partial charge on any atom is 0.203 e. The van der Waals surface area contributed by atoms with Gasteiger partial charge in [0.1, 0.15) is 29.5 Å². The summed E-state index contributed by atoms with van der Waals surface area (Å²) in [6.07, 6.45) is 1.72. The number of aliphatic hydroxyl groups is 2. The molecular weight excluding hydrogens is 452 g/mol. The van der Waals surface area contributed by atoms with Crippen molar-refractivity contribution in [2.45, 2.75) is 77.6 Å². The number of fused-ring (bicyclic) bond motifs is 1. The van der Waals surface area contributed by atoms with Gasteiger partial charge in [-0.1, -0.05) is 40.0 Å². The number of hydrogen-bond acceptors (Lipinski definition) is 8. The first-order valence-electron chi connectivity index (χ1n) is 12.6. The molecule has 0 amide bonds. The first-order valence-corrected chi connectivity index (χ1v) is 12.6. The van der Waals surface area contributed by atoms with Crippen molar-refractivity contribution in [1.82, 2.24) is 0 Å². The molecule has 35 heavy (non-hydrogen) atoms. The number of aromatic hydroxyl groups is 2. The van der Waals surface area contributed by atoms with Crippen LogP contribution in [0.4, 0.5) is 0 Å². The van der Waals surface area contributed by atoms with Crippen LogP contribution in [0.2, 0.25) is 0 Å². The minimum atomic E-state index is -1.42. The fourth-order valence-electron chi connectivity index (χ4n) is 3.89. The van der Waals surface area contributed by atoms with E-state index >= 15 is 0 Å². The number of rotatable bonds is 13. The van der Waals surface area contributed by atoms with Crippen LogP contribution in [0.25, 0.3) is 0 Å². The van der Waals surface area contributed by atoms with Crippen LogP contribution in [0.3, 0.4) is 0 Å². The van der Waals surface area contributed by atoms with Crippen molar-refractivity contribution in [3.05, 3.63) is 35.4 Å². The van der Waals surface area contributed by atoms with Crippen molar-refractivity contribution in [3.63, 3.8) is 0 Å². The summed E-state index contributed by atoms with van der Waals surface area (Å²) >= 11 is 0. The molecule has 1 aliphatic rings. The molecule has 3 atom stereocenters. The SMILES string of the molecule is CCCCOc1cc(C2Oc3cc(O)cc(O)c3C(O)C2O)cc(OCCCC)c1OCCCC. The van der Waals surface area contributed by atoms with Gasteiger partial charge in [0.25, 0.3) is 0 Å². The minimum Gasteiger partial charge on any atom is -0.508 e. The maximum absolute atomic E-state index is 10.9. The summed E-state index contributed by atoms with van der Waals surface area (Å²) in [5, 5.41) is 41.8. The average Bonchev–Trinajstić information content (AvgIpc) is 2.82. The molecule has 8 heteroatoms. The van der Waals surface area contributed by atoms with Crippen molar-refractivity contribution in [2.75, 3.05) is 19.8 Å². The lowest BCUT2D eigenvalue weighted by atomic mass is 9.91. The largest absolute Gasteiger partial charge is 0.508 e. The fourth-order valence-corrected chi connectivity index (χ4v) is 3.89. The third kappa shape index (κ3) is 6.44. The number of unbranched alkanes of at least 4 members (excludes halogenated alkanes) is 3. The second kappa shape index (κ2) is 12.7. The van der Waals surface area contributed by atoms with Crippen LogP contribution >= 0.6 is 0 Å². The van der Waals surface area contributed by atoms with Gasteiger partial charge in [0.2, 0.25) is 5.75 Å². The zero-order chi connectivity index (χ0) is 25.4. The first-order chi connectivity index (χ1) is 16.9. The standard InChI is InChI=1S/C27H38O8/c1-4-7-10-32-21-13-17(14-22(33-11-8-5-2)27(21)34-12-9-6-3)26-25(31)24(30)23-19(29)15-18(28)16-20(23)35-26/h13-16,24-26,28-31H,4-12H2,1-3H3. The van der Waals surface area contributed by atoms with Gasteiger partial charge in [-0.15, -0.1) is 0 Å². The molecule has 1 aliphatic heterocycles. The molecule has 3 unspecified atom stereocenters. The van der Waals surface area contributed by atoms with Crippen LogP contribution in [0.1, 0.15) is 82.6 Å². The van der Waals surface area contributed by atoms with Crippen molar-refractivity contribution in [1.29, 1.82) is 0 Å². The van der Waals surface area contributed by atoms with E-state index in [1.54, 1.807) is 12.1 Å². The molecule has 0 bridgehead atoms. The Labute approximate surface area is 207 Å². The van der Waals surface area contributed by atoms with Gasteiger partial charge in [0, 0.05) is 17.7 Å². The number of ether oxygens (including phenoxy) is 4. The maximum atomic E-state index is 10.9. The highest BCUT2D eigenvalue weighted by Gasteiger charge is 2.40. The lowest BCUT2D eigenvalue weighted by molar-refractivity contribution is -0.0711. The number of benzene rings is 2. The van der Waals surface area contributed by atoms with Crippen LogP contribution in [0.15, 0.2) is 24.3 Å². The van der Waals surface area contributed by atoms with E-state index in [0.717, 1.165) is 44.6 Å². The molecule has 0 radical (unpaired) electrons. The van der Waals surface area contributed by atoms with Gasteiger partial charge in [0.05, 0.1) is 25.4 Å². The molecule has 0 saturated carbocycles. The van der Waals surface area contributed by atoms with E-state index in [1.165, 1.54) is 6.07 Å². The monoisotopic (exact) mass is 490 g/mol. The van der Waals surface area contributed by atoms with Crippen molar-refractivity contribution < 1.29 is 39.4 Å². The van der Waals surface area contributed by atoms with Crippen LogP contribution in [0, 0.1) is 0 Å². The summed E-state index contributed by atoms with van der Waals surface area (Å²) in [5.74, 6) is 1.00. The van der Waals surface area contributed by atoms with Crippen LogP contribution in [-0.4, -0.2) is 46.4 Å². The van der Waals surface area contributed by atoms with E-state index in [-0.39, 0.29) is 22.8 Å². The molecule has 3 rings (SSSR count). The molecule has 2 aromatic carbocycles. The van der Waals surface area contributed by atoms with E-state index < -0.39 is 18.3 Å². The van der Waals surface area contributed by atoms with Crippen LogP contribution < -0.4 is 18.9 Å². The minimum absolute atomic E-state index is 0.0323. The average molecular weight is 491 g/mol. The van der Waals surface area contributed by atoms with Crippen molar-refractivity contribution >= 4 is 0 Å². The Morgan fingerprint density at radius 2 is 1.31 bits per heavy atom. The third-order valence-electron chi connectivity index (χ3n) is 5.92. The second-order valence-electron chi connectivity index (χ2n) is 8.80. The smallest absolute Gasteiger partial charge is 0.203 e. The van der Waals surface area contributed by atoms with Crippen molar-refractivity contribution in [2.24, 2.45) is 0 Å². The second-order valence-corrected chi connectivity index (χ2v) is 8.80. The van der Waals surface area contributed by atoms with Gasteiger partial charge >= 0.3 is 0 Å². The zero-order valence-corrected chi connectivity index (χ0v) is 20.8. The quantitative estimate of drug-likeness (QED) is 0.284. The highest BCUT2D eigenvalue weighted by molar-refractivity contribution is 5.56. The molecule has 0 aromatic heterocycles. The molecule has 0 saturated heterocycles. The summed E-state index contributed by atoms with van der Waals surface area (Å²) in [5.41, 5.74) is 0.552. The van der Waals surface area contributed by atoms with Gasteiger partial charge in [-0.05, 0) is 31.4 Å². The number of phenols is 2. The van der Waals surface area contributed by atoms with Gasteiger partial charge in [-0.2, -0.15) is 0 Å². The molecule has 4 N–H and O–H groups in total. The Balaban J connectivity index is 2.03. The van der Waals surface area contributed by atoms with Gasteiger partial charge < -0.3 is 39.4 Å². The molecule has 0 aliphatic carbocycles. The van der Waals surface area contributed by atoms with Crippen molar-refractivity contribution in [3.8, 4) is 34.5 Å². The Kier molecular flexibility index (Phi) is 9.74. The first kappa shape index (κ1) is 26.8. The van der Waals surface area contributed by atoms with Crippen LogP contribution in [-0.2, 0) is 0 Å². The predicted octanol–water partition coefficient (Wildman–Crippen LogP) is 5.16. The summed E-state index contributed by atoms with van der Waals surface area (Å²) in [6, 6.07) is 5.87. The summed E-state index contributed by atoms with van der Waals surface area (Å²) in [6.45, 7) is 7.72.